The quantitative estimate of drug-likeness (QED) is 0.670. The van der Waals surface area contributed by atoms with E-state index in [1.54, 1.807) is 18.4 Å². The zero-order valence-electron chi connectivity index (χ0n) is 14.8. The van der Waals surface area contributed by atoms with Gasteiger partial charge < -0.3 is 9.72 Å². The molecule has 0 aliphatic carbocycles. The lowest BCUT2D eigenvalue weighted by atomic mass is 10.0. The minimum Gasteiger partial charge on any atom is -0.497 e. The van der Waals surface area contributed by atoms with Crippen molar-refractivity contribution >= 4 is 11.3 Å². The number of nitrogens with one attached hydrogen (secondary N) is 1. The maximum absolute atomic E-state index is 12.5. The maximum atomic E-state index is 12.5. The van der Waals surface area contributed by atoms with Crippen molar-refractivity contribution in [2.24, 2.45) is 0 Å². The van der Waals surface area contributed by atoms with Crippen molar-refractivity contribution in [3.05, 3.63) is 63.3 Å². The first-order valence-electron chi connectivity index (χ1n) is 8.57. The molecule has 3 aromatic rings. The highest BCUT2D eigenvalue weighted by Gasteiger charge is 2.14. The summed E-state index contributed by atoms with van der Waals surface area (Å²) in [5.74, 6) is 0.715. The van der Waals surface area contributed by atoms with Gasteiger partial charge in [0.15, 0.2) is 0 Å². The Bertz CT molecular complexity index is 1010. The molecule has 1 N–H and O–H groups in total. The number of thiophene rings is 1. The van der Waals surface area contributed by atoms with Crippen LogP contribution in [0.2, 0.25) is 0 Å². The lowest BCUT2D eigenvalue weighted by Crippen LogP contribution is -2.12. The Hall–Kier alpha value is -2.84. The molecule has 0 amide bonds. The summed E-state index contributed by atoms with van der Waals surface area (Å²) in [5, 5.41) is 9.47. The summed E-state index contributed by atoms with van der Waals surface area (Å²) in [7, 11) is 1.61. The molecule has 2 heterocycles. The lowest BCUT2D eigenvalue weighted by Gasteiger charge is -2.08. The number of ether oxygens (including phenoxy) is 1. The van der Waals surface area contributed by atoms with E-state index in [1.165, 1.54) is 4.88 Å². The number of aryl methyl sites for hydroxylation is 1. The molecule has 0 saturated heterocycles. The molecule has 0 atom stereocenters. The highest BCUT2D eigenvalue weighted by Crippen LogP contribution is 2.33. The number of benzene rings is 1. The third kappa shape index (κ3) is 3.71. The van der Waals surface area contributed by atoms with E-state index in [9.17, 15) is 10.1 Å². The molecule has 0 aliphatic rings. The first kappa shape index (κ1) is 18.0. The molecule has 0 aliphatic heterocycles. The van der Waals surface area contributed by atoms with Crippen LogP contribution in [0.1, 0.15) is 30.2 Å². The molecular weight excluding hydrogens is 344 g/mol. The van der Waals surface area contributed by atoms with Gasteiger partial charge in [0.25, 0.3) is 5.56 Å². The topological polar surface area (TPSA) is 65.9 Å². The van der Waals surface area contributed by atoms with Crippen LogP contribution in [0.25, 0.3) is 21.7 Å². The normalized spacial score (nSPS) is 10.5. The number of nitriles is 1. The van der Waals surface area contributed by atoms with Gasteiger partial charge in [-0.25, -0.2) is 0 Å². The number of H-pyrrole nitrogens is 1. The summed E-state index contributed by atoms with van der Waals surface area (Å²) in [6, 6.07) is 15.5. The Morgan fingerprint density at radius 2 is 2.08 bits per heavy atom. The van der Waals surface area contributed by atoms with Gasteiger partial charge in [-0.2, -0.15) is 5.26 Å². The van der Waals surface area contributed by atoms with Gasteiger partial charge in [-0.1, -0.05) is 25.5 Å². The second-order valence-electron chi connectivity index (χ2n) is 6.01. The molecule has 4 nitrogen and oxygen atoms in total. The molecule has 0 radical (unpaired) electrons. The number of pyridine rings is 1. The van der Waals surface area contributed by atoms with Gasteiger partial charge in [-0.3, -0.25) is 4.79 Å². The predicted molar refractivity (Wildman–Crippen MR) is 106 cm³/mol. The van der Waals surface area contributed by atoms with Crippen molar-refractivity contribution in [2.75, 3.05) is 7.11 Å². The van der Waals surface area contributed by atoms with Crippen molar-refractivity contribution in [1.29, 1.82) is 5.26 Å². The SMILES string of the molecule is CCCCc1ccc(-c2cc(-c3cccc(OC)c3)[nH]c(=O)c2C#N)s1. The number of hydrogen-bond acceptors (Lipinski definition) is 4. The molecule has 26 heavy (non-hydrogen) atoms. The Labute approximate surface area is 156 Å². The monoisotopic (exact) mass is 364 g/mol. The minimum atomic E-state index is -0.369. The van der Waals surface area contributed by atoms with E-state index in [2.05, 4.69) is 24.0 Å². The summed E-state index contributed by atoms with van der Waals surface area (Å²) in [6.45, 7) is 2.17. The Balaban J connectivity index is 2.09. The van der Waals surface area contributed by atoms with Crippen LogP contribution in [0.5, 0.6) is 5.75 Å². The molecular formula is C21H20N2O2S. The smallest absolute Gasteiger partial charge is 0.267 e. The molecule has 1 aromatic carbocycles. The number of aromatic amines is 1. The summed E-state index contributed by atoms with van der Waals surface area (Å²) in [4.78, 5) is 17.5. The molecule has 0 unspecified atom stereocenters. The number of aromatic nitrogens is 1. The largest absolute Gasteiger partial charge is 0.497 e. The molecule has 3 rings (SSSR count). The van der Waals surface area contributed by atoms with Gasteiger partial charge in [-0.05, 0) is 43.2 Å². The lowest BCUT2D eigenvalue weighted by molar-refractivity contribution is 0.415. The van der Waals surface area contributed by atoms with Crippen molar-refractivity contribution < 1.29 is 4.74 Å². The van der Waals surface area contributed by atoms with E-state index in [1.807, 2.05) is 36.4 Å². The van der Waals surface area contributed by atoms with Gasteiger partial charge in [0.2, 0.25) is 0 Å². The standard InChI is InChI=1S/C21H20N2O2S/c1-3-4-8-16-9-10-20(26-16)17-12-19(23-21(24)18(17)13-22)14-6-5-7-15(11-14)25-2/h5-7,9-12H,3-4,8H2,1-2H3,(H,23,24). The second-order valence-corrected chi connectivity index (χ2v) is 7.18. The number of nitrogens with zero attached hydrogens (tertiary/aromatic N) is 1. The molecule has 2 aromatic heterocycles. The molecule has 0 bridgehead atoms. The molecule has 132 valence electrons. The fourth-order valence-corrected chi connectivity index (χ4v) is 3.89. The van der Waals surface area contributed by atoms with Crippen molar-refractivity contribution in [3.8, 4) is 33.5 Å². The zero-order valence-corrected chi connectivity index (χ0v) is 15.7. The minimum absolute atomic E-state index is 0.153. The maximum Gasteiger partial charge on any atom is 0.267 e. The molecule has 5 heteroatoms. The van der Waals surface area contributed by atoms with Crippen LogP contribution in [0.15, 0.2) is 47.3 Å². The predicted octanol–water partition coefficient (Wildman–Crippen LogP) is 4.99. The van der Waals surface area contributed by atoms with Crippen LogP contribution in [0.4, 0.5) is 0 Å². The van der Waals surface area contributed by atoms with Crippen LogP contribution in [0.3, 0.4) is 0 Å². The highest BCUT2D eigenvalue weighted by atomic mass is 32.1. The highest BCUT2D eigenvalue weighted by molar-refractivity contribution is 7.15. The third-order valence-electron chi connectivity index (χ3n) is 4.23. The van der Waals surface area contributed by atoms with Crippen LogP contribution in [0, 0.1) is 11.3 Å². The fraction of sp³-hybridized carbons (Fsp3) is 0.238. The van der Waals surface area contributed by atoms with Gasteiger partial charge in [0.1, 0.15) is 17.4 Å². The number of unbranched alkanes of at least 4 members (excludes halogenated alkanes) is 1. The van der Waals surface area contributed by atoms with Gasteiger partial charge in [0.05, 0.1) is 7.11 Å². The number of hydrogen-bond donors (Lipinski definition) is 1. The number of methoxy groups -OCH3 is 1. The van der Waals surface area contributed by atoms with E-state index < -0.39 is 0 Å². The molecule has 0 fully saturated rings. The van der Waals surface area contributed by atoms with Crippen molar-refractivity contribution in [2.45, 2.75) is 26.2 Å². The average Bonchev–Trinajstić information content (AvgIpc) is 3.14. The summed E-state index contributed by atoms with van der Waals surface area (Å²) >= 11 is 1.65. The van der Waals surface area contributed by atoms with Crippen molar-refractivity contribution in [1.82, 2.24) is 4.98 Å². The Morgan fingerprint density at radius 3 is 2.81 bits per heavy atom. The number of rotatable bonds is 6. The van der Waals surface area contributed by atoms with Crippen LogP contribution in [-0.2, 0) is 6.42 Å². The summed E-state index contributed by atoms with van der Waals surface area (Å²) < 4.78 is 5.26. The van der Waals surface area contributed by atoms with Crippen LogP contribution in [-0.4, -0.2) is 12.1 Å². The van der Waals surface area contributed by atoms with Gasteiger partial charge in [0, 0.05) is 26.6 Å². The molecule has 0 saturated carbocycles. The van der Waals surface area contributed by atoms with E-state index >= 15 is 0 Å². The fourth-order valence-electron chi connectivity index (χ4n) is 2.82. The van der Waals surface area contributed by atoms with Crippen molar-refractivity contribution in [3.63, 3.8) is 0 Å². The van der Waals surface area contributed by atoms with E-state index in [0.29, 0.717) is 17.0 Å². The Kier molecular flexibility index (Phi) is 5.55. The Morgan fingerprint density at radius 1 is 1.23 bits per heavy atom. The van der Waals surface area contributed by atoms with E-state index in [4.69, 9.17) is 4.74 Å². The third-order valence-corrected chi connectivity index (χ3v) is 5.41. The summed E-state index contributed by atoms with van der Waals surface area (Å²) in [5.41, 5.74) is 1.98. The average molecular weight is 364 g/mol. The molecule has 0 spiro atoms. The summed E-state index contributed by atoms with van der Waals surface area (Å²) in [6.07, 6.45) is 3.30. The van der Waals surface area contributed by atoms with E-state index in [0.717, 1.165) is 29.7 Å². The first-order chi connectivity index (χ1) is 12.7. The first-order valence-corrected chi connectivity index (χ1v) is 9.38. The van der Waals surface area contributed by atoms with E-state index in [-0.39, 0.29) is 11.1 Å². The van der Waals surface area contributed by atoms with Crippen LogP contribution < -0.4 is 10.3 Å². The zero-order chi connectivity index (χ0) is 18.5. The van der Waals surface area contributed by atoms with Gasteiger partial charge in [-0.15, -0.1) is 11.3 Å². The van der Waals surface area contributed by atoms with Crippen LogP contribution >= 0.6 is 11.3 Å². The van der Waals surface area contributed by atoms with Gasteiger partial charge >= 0.3 is 0 Å². The second kappa shape index (κ2) is 8.03.